The van der Waals surface area contributed by atoms with Gasteiger partial charge in [0.1, 0.15) is 17.5 Å². The second-order valence-electron chi connectivity index (χ2n) is 6.75. The van der Waals surface area contributed by atoms with E-state index in [1.54, 1.807) is 0 Å². The van der Waals surface area contributed by atoms with Crippen molar-refractivity contribution in [2.24, 2.45) is 0 Å². The summed E-state index contributed by atoms with van der Waals surface area (Å²) in [5.74, 6) is 3.54. The molecule has 1 heterocycles. The fourth-order valence-electron chi connectivity index (χ4n) is 3.09. The minimum atomic E-state index is 0.303. The topological polar surface area (TPSA) is 53.1 Å². The first kappa shape index (κ1) is 14.6. The maximum Gasteiger partial charge on any atom is 0.136 e. The fraction of sp³-hybridized carbons (Fsp3) is 0.750. The third kappa shape index (κ3) is 2.71. The predicted molar refractivity (Wildman–Crippen MR) is 87.0 cm³/mol. The Bertz CT molecular complexity index is 518. The molecule has 2 aliphatic carbocycles. The van der Waals surface area contributed by atoms with Crippen LogP contribution in [0.4, 0.5) is 11.6 Å². The van der Waals surface area contributed by atoms with Crippen LogP contribution in [0, 0.1) is 6.92 Å². The van der Waals surface area contributed by atoms with Gasteiger partial charge in [0, 0.05) is 30.6 Å². The van der Waals surface area contributed by atoms with E-state index in [1.165, 1.54) is 32.1 Å². The van der Waals surface area contributed by atoms with Crippen LogP contribution in [0.2, 0.25) is 0 Å². The zero-order valence-corrected chi connectivity index (χ0v) is 13.7. The Morgan fingerprint density at radius 2 is 1.86 bits per heavy atom. The quantitative estimate of drug-likeness (QED) is 0.843. The van der Waals surface area contributed by atoms with Crippen LogP contribution in [-0.2, 0) is 0 Å². The Morgan fingerprint density at radius 3 is 2.33 bits per heavy atom. The number of nitrogens with one attached hydrogen (secondary N) is 2. The van der Waals surface area contributed by atoms with Crippen molar-refractivity contribution in [1.82, 2.24) is 14.9 Å². The molecule has 0 saturated heterocycles. The second-order valence-corrected chi connectivity index (χ2v) is 6.75. The minimum Gasteiger partial charge on any atom is -0.373 e. The molecule has 2 saturated carbocycles. The first-order valence-electron chi connectivity index (χ1n) is 8.03. The predicted octanol–water partition coefficient (Wildman–Crippen LogP) is 2.60. The third-order valence-electron chi connectivity index (χ3n) is 5.16. The molecule has 0 unspecified atom stereocenters. The molecule has 1 aromatic heterocycles. The molecule has 0 aromatic carbocycles. The highest BCUT2D eigenvalue weighted by Crippen LogP contribution is 2.40. The number of anilines is 2. The average Bonchev–Trinajstić information content (AvgIpc) is 3.23. The van der Waals surface area contributed by atoms with Gasteiger partial charge in [-0.1, -0.05) is 0 Å². The summed E-state index contributed by atoms with van der Waals surface area (Å²) in [5, 5.41) is 6.81. The molecule has 5 nitrogen and oxygen atoms in total. The van der Waals surface area contributed by atoms with E-state index in [2.05, 4.69) is 41.5 Å². The van der Waals surface area contributed by atoms with Gasteiger partial charge in [-0.05, 0) is 53.1 Å². The first-order valence-corrected chi connectivity index (χ1v) is 8.03. The summed E-state index contributed by atoms with van der Waals surface area (Å²) in [6, 6.07) is 0. The maximum atomic E-state index is 4.78. The molecule has 0 atom stereocenters. The summed E-state index contributed by atoms with van der Waals surface area (Å²) in [7, 11) is 6.30. The van der Waals surface area contributed by atoms with Gasteiger partial charge in [-0.2, -0.15) is 0 Å². The highest BCUT2D eigenvalue weighted by atomic mass is 15.2. The average molecular weight is 289 g/mol. The Labute approximate surface area is 127 Å². The van der Waals surface area contributed by atoms with Gasteiger partial charge in [-0.25, -0.2) is 9.97 Å². The summed E-state index contributed by atoms with van der Waals surface area (Å²) in [5.41, 5.74) is 1.42. The van der Waals surface area contributed by atoms with E-state index >= 15 is 0 Å². The van der Waals surface area contributed by atoms with Crippen LogP contribution < -0.4 is 10.6 Å². The van der Waals surface area contributed by atoms with Crippen molar-refractivity contribution >= 4 is 11.6 Å². The third-order valence-corrected chi connectivity index (χ3v) is 5.16. The molecule has 0 amide bonds. The number of likely N-dealkylation sites (N-methyl/N-ethyl adjacent to an activating group) is 1. The van der Waals surface area contributed by atoms with Gasteiger partial charge in [-0.3, -0.25) is 0 Å². The van der Waals surface area contributed by atoms with Crippen LogP contribution >= 0.6 is 0 Å². The monoisotopic (exact) mass is 289 g/mol. The summed E-state index contributed by atoms with van der Waals surface area (Å²) in [6.45, 7) is 3.05. The summed E-state index contributed by atoms with van der Waals surface area (Å²) in [4.78, 5) is 11.8. The molecule has 116 valence electrons. The summed E-state index contributed by atoms with van der Waals surface area (Å²) < 4.78 is 0. The van der Waals surface area contributed by atoms with E-state index in [4.69, 9.17) is 4.98 Å². The van der Waals surface area contributed by atoms with Gasteiger partial charge < -0.3 is 15.5 Å². The zero-order chi connectivity index (χ0) is 15.0. The van der Waals surface area contributed by atoms with Crippen molar-refractivity contribution in [3.63, 3.8) is 0 Å². The minimum absolute atomic E-state index is 0.303. The smallest absolute Gasteiger partial charge is 0.136 e. The van der Waals surface area contributed by atoms with Crippen molar-refractivity contribution in [2.75, 3.05) is 38.3 Å². The highest BCUT2D eigenvalue weighted by Gasteiger charge is 2.39. The summed E-state index contributed by atoms with van der Waals surface area (Å²) >= 11 is 0. The lowest BCUT2D eigenvalue weighted by atomic mass is 9.75. The van der Waals surface area contributed by atoms with E-state index in [-0.39, 0.29) is 0 Å². The van der Waals surface area contributed by atoms with Crippen molar-refractivity contribution in [2.45, 2.75) is 50.5 Å². The van der Waals surface area contributed by atoms with E-state index in [9.17, 15) is 0 Å². The molecule has 0 aliphatic heterocycles. The normalized spacial score (nSPS) is 20.2. The standard InChI is InChI=1S/C16H27N5/c1-11-13(17-2)19-15(12-6-7-12)20-14(11)18-10-16(21(3)4)8-5-9-16/h12H,5-10H2,1-4H3,(H2,17,18,19,20). The zero-order valence-electron chi connectivity index (χ0n) is 13.7. The van der Waals surface area contributed by atoms with Crippen LogP contribution in [0.25, 0.3) is 0 Å². The molecule has 0 bridgehead atoms. The van der Waals surface area contributed by atoms with Crippen LogP contribution in [0.1, 0.15) is 49.4 Å². The molecular weight excluding hydrogens is 262 g/mol. The van der Waals surface area contributed by atoms with Gasteiger partial charge >= 0.3 is 0 Å². The number of rotatable bonds is 6. The van der Waals surface area contributed by atoms with Crippen molar-refractivity contribution in [1.29, 1.82) is 0 Å². The molecule has 0 radical (unpaired) electrons. The van der Waals surface area contributed by atoms with E-state index < -0.39 is 0 Å². The van der Waals surface area contributed by atoms with Gasteiger partial charge in [0.25, 0.3) is 0 Å². The van der Waals surface area contributed by atoms with E-state index in [1.807, 2.05) is 7.05 Å². The molecule has 1 aromatic rings. The lowest BCUT2D eigenvalue weighted by Gasteiger charge is -2.47. The largest absolute Gasteiger partial charge is 0.373 e. The fourth-order valence-corrected chi connectivity index (χ4v) is 3.09. The molecular formula is C16H27N5. The van der Waals surface area contributed by atoms with Crippen LogP contribution in [0.3, 0.4) is 0 Å². The summed E-state index contributed by atoms with van der Waals surface area (Å²) in [6.07, 6.45) is 6.33. The molecule has 2 N–H and O–H groups in total. The number of nitrogens with zero attached hydrogens (tertiary/aromatic N) is 3. The lowest BCUT2D eigenvalue weighted by molar-refractivity contribution is 0.0738. The van der Waals surface area contributed by atoms with Gasteiger partial charge in [-0.15, -0.1) is 0 Å². The molecule has 2 aliphatic rings. The van der Waals surface area contributed by atoms with Crippen LogP contribution in [0.5, 0.6) is 0 Å². The Hall–Kier alpha value is -1.36. The molecule has 2 fully saturated rings. The maximum absolute atomic E-state index is 4.78. The van der Waals surface area contributed by atoms with E-state index in [0.29, 0.717) is 11.5 Å². The van der Waals surface area contributed by atoms with Crippen molar-refractivity contribution in [3.05, 3.63) is 11.4 Å². The van der Waals surface area contributed by atoms with Gasteiger partial charge in [0.15, 0.2) is 0 Å². The molecule has 21 heavy (non-hydrogen) atoms. The number of hydrogen-bond acceptors (Lipinski definition) is 5. The molecule has 0 spiro atoms. The Balaban J connectivity index is 1.79. The van der Waals surface area contributed by atoms with Crippen LogP contribution in [-0.4, -0.2) is 48.1 Å². The second kappa shape index (κ2) is 5.44. The lowest BCUT2D eigenvalue weighted by Crippen LogP contribution is -2.54. The molecule has 3 rings (SSSR count). The first-order chi connectivity index (χ1) is 10.1. The van der Waals surface area contributed by atoms with Crippen molar-refractivity contribution < 1.29 is 0 Å². The number of aromatic nitrogens is 2. The molecule has 5 heteroatoms. The van der Waals surface area contributed by atoms with Crippen molar-refractivity contribution in [3.8, 4) is 0 Å². The highest BCUT2D eigenvalue weighted by molar-refractivity contribution is 5.57. The Morgan fingerprint density at radius 1 is 1.19 bits per heavy atom. The van der Waals surface area contributed by atoms with E-state index in [0.717, 1.165) is 29.6 Å². The van der Waals surface area contributed by atoms with Gasteiger partial charge in [0.05, 0.1) is 0 Å². The SMILES string of the molecule is CNc1nc(C2CC2)nc(NCC2(N(C)C)CCC2)c1C. The van der Waals surface area contributed by atoms with Crippen LogP contribution in [0.15, 0.2) is 0 Å². The Kier molecular flexibility index (Phi) is 3.78. The van der Waals surface area contributed by atoms with Gasteiger partial charge in [0.2, 0.25) is 0 Å². The number of hydrogen-bond donors (Lipinski definition) is 2.